The number of nitrogen functional groups attached to an aromatic ring is 1. The lowest BCUT2D eigenvalue weighted by atomic mass is 10.0. The fourth-order valence-corrected chi connectivity index (χ4v) is 2.32. The molecule has 0 fully saturated rings. The van der Waals surface area contributed by atoms with Crippen molar-refractivity contribution in [3.05, 3.63) is 59.1 Å². The Morgan fingerprint density at radius 3 is 2.48 bits per heavy atom. The number of nitrogens with two attached hydrogens (primary N) is 1. The normalized spacial score (nSPS) is 10.8. The van der Waals surface area contributed by atoms with Crippen LogP contribution in [0.15, 0.2) is 47.0 Å². The van der Waals surface area contributed by atoms with E-state index in [2.05, 4.69) is 5.16 Å². The van der Waals surface area contributed by atoms with Gasteiger partial charge in [0.15, 0.2) is 23.2 Å². The number of hydrogen-bond acceptors (Lipinski definition) is 3. The first-order chi connectivity index (χ1) is 10.1. The van der Waals surface area contributed by atoms with E-state index in [4.69, 9.17) is 21.9 Å². The van der Waals surface area contributed by atoms with Crippen molar-refractivity contribution < 1.29 is 13.3 Å². The highest BCUT2D eigenvalue weighted by Gasteiger charge is 2.23. The van der Waals surface area contributed by atoms with E-state index >= 15 is 0 Å². The summed E-state index contributed by atoms with van der Waals surface area (Å²) in [6.45, 7) is 0. The van der Waals surface area contributed by atoms with Gasteiger partial charge in [-0.2, -0.15) is 0 Å². The third kappa shape index (κ3) is 2.25. The first-order valence-corrected chi connectivity index (χ1v) is 6.42. The van der Waals surface area contributed by atoms with Crippen LogP contribution in [0.25, 0.3) is 22.5 Å². The lowest BCUT2D eigenvalue weighted by molar-refractivity contribution is 0.430. The molecule has 0 bridgehead atoms. The molecule has 0 aliphatic rings. The van der Waals surface area contributed by atoms with E-state index in [0.29, 0.717) is 16.1 Å². The van der Waals surface area contributed by atoms with Crippen molar-refractivity contribution in [2.24, 2.45) is 0 Å². The molecule has 0 amide bonds. The maximum atomic E-state index is 14.0. The Labute approximate surface area is 123 Å². The summed E-state index contributed by atoms with van der Waals surface area (Å²) in [5.41, 5.74) is 6.60. The summed E-state index contributed by atoms with van der Waals surface area (Å²) in [4.78, 5) is 0. The number of rotatable bonds is 2. The van der Waals surface area contributed by atoms with Gasteiger partial charge in [0.05, 0.1) is 11.1 Å². The molecule has 0 aliphatic carbocycles. The van der Waals surface area contributed by atoms with Crippen LogP contribution in [-0.2, 0) is 0 Å². The monoisotopic (exact) mass is 306 g/mol. The maximum absolute atomic E-state index is 14.0. The molecule has 2 N–H and O–H groups in total. The smallest absolute Gasteiger partial charge is 0.180 e. The average Bonchev–Trinajstić information content (AvgIpc) is 2.84. The highest BCUT2D eigenvalue weighted by atomic mass is 35.5. The molecule has 3 aromatic rings. The van der Waals surface area contributed by atoms with Crippen LogP contribution in [0.2, 0.25) is 5.02 Å². The van der Waals surface area contributed by atoms with Gasteiger partial charge in [-0.1, -0.05) is 41.0 Å². The predicted octanol–water partition coefficient (Wildman–Crippen LogP) is 4.52. The van der Waals surface area contributed by atoms with Gasteiger partial charge in [0.2, 0.25) is 0 Å². The average molecular weight is 307 g/mol. The van der Waals surface area contributed by atoms with Gasteiger partial charge in [-0.3, -0.25) is 0 Å². The van der Waals surface area contributed by atoms with Crippen molar-refractivity contribution in [3.8, 4) is 22.5 Å². The van der Waals surface area contributed by atoms with Crippen LogP contribution in [0.5, 0.6) is 0 Å². The summed E-state index contributed by atoms with van der Waals surface area (Å²) in [7, 11) is 0. The molecule has 0 aliphatic heterocycles. The molecular weight excluding hydrogens is 298 g/mol. The molecule has 0 unspecified atom stereocenters. The minimum Gasteiger partial charge on any atom is -0.380 e. The molecule has 3 nitrogen and oxygen atoms in total. The number of anilines is 1. The highest BCUT2D eigenvalue weighted by molar-refractivity contribution is 6.33. The third-order valence-corrected chi connectivity index (χ3v) is 3.39. The first kappa shape index (κ1) is 13.6. The Balaban J connectivity index is 2.28. The van der Waals surface area contributed by atoms with Gasteiger partial charge in [-0.05, 0) is 18.2 Å². The van der Waals surface area contributed by atoms with Crippen LogP contribution in [0.4, 0.5) is 14.6 Å². The van der Waals surface area contributed by atoms with Gasteiger partial charge in [0.25, 0.3) is 0 Å². The van der Waals surface area contributed by atoms with Gasteiger partial charge in [0.1, 0.15) is 0 Å². The zero-order chi connectivity index (χ0) is 15.0. The molecule has 21 heavy (non-hydrogen) atoms. The topological polar surface area (TPSA) is 52.0 Å². The van der Waals surface area contributed by atoms with E-state index in [0.717, 1.165) is 6.07 Å². The molecule has 2 aromatic carbocycles. The van der Waals surface area contributed by atoms with Crippen LogP contribution in [0.1, 0.15) is 0 Å². The van der Waals surface area contributed by atoms with Gasteiger partial charge < -0.3 is 10.3 Å². The Bertz CT molecular complexity index is 817. The Morgan fingerprint density at radius 2 is 1.71 bits per heavy atom. The summed E-state index contributed by atoms with van der Waals surface area (Å²) in [5, 5.41) is 4.04. The summed E-state index contributed by atoms with van der Waals surface area (Å²) < 4.78 is 32.4. The minimum atomic E-state index is -1.03. The van der Waals surface area contributed by atoms with Gasteiger partial charge in [-0.25, -0.2) is 8.78 Å². The molecule has 0 saturated carbocycles. The summed E-state index contributed by atoms with van der Waals surface area (Å²) >= 11 is 6.13. The largest absolute Gasteiger partial charge is 0.380 e. The van der Waals surface area contributed by atoms with Crippen LogP contribution in [0.3, 0.4) is 0 Å². The van der Waals surface area contributed by atoms with Crippen molar-refractivity contribution in [2.45, 2.75) is 0 Å². The van der Waals surface area contributed by atoms with E-state index in [9.17, 15) is 8.78 Å². The molecule has 1 heterocycles. The number of halogens is 3. The summed E-state index contributed by atoms with van der Waals surface area (Å²) in [6.07, 6.45) is 0. The fraction of sp³-hybridized carbons (Fsp3) is 0. The summed E-state index contributed by atoms with van der Waals surface area (Å²) in [5.74, 6) is -1.91. The van der Waals surface area contributed by atoms with Gasteiger partial charge in [0, 0.05) is 10.6 Å². The van der Waals surface area contributed by atoms with Gasteiger partial charge >= 0.3 is 0 Å². The molecule has 3 rings (SSSR count). The Morgan fingerprint density at radius 1 is 1.00 bits per heavy atom. The molecule has 0 spiro atoms. The van der Waals surface area contributed by atoms with Crippen molar-refractivity contribution in [2.75, 3.05) is 5.73 Å². The Kier molecular flexibility index (Phi) is 3.35. The molecule has 0 atom stereocenters. The number of aromatic nitrogens is 1. The maximum Gasteiger partial charge on any atom is 0.180 e. The van der Waals surface area contributed by atoms with Crippen molar-refractivity contribution in [3.63, 3.8) is 0 Å². The van der Waals surface area contributed by atoms with Crippen LogP contribution >= 0.6 is 11.6 Å². The lowest BCUT2D eigenvalue weighted by Gasteiger charge is -2.06. The molecule has 6 heteroatoms. The van der Waals surface area contributed by atoms with E-state index in [1.807, 2.05) is 0 Å². The summed E-state index contributed by atoms with van der Waals surface area (Å²) in [6, 6.07) is 10.6. The SMILES string of the molecule is Nc1noc(-c2cccc(F)c2F)c1-c1ccccc1Cl. The second-order valence-electron chi connectivity index (χ2n) is 4.35. The molecule has 1 aromatic heterocycles. The highest BCUT2D eigenvalue weighted by Crippen LogP contribution is 2.40. The molecular formula is C15H9ClF2N2O. The van der Waals surface area contributed by atoms with E-state index in [1.54, 1.807) is 24.3 Å². The van der Waals surface area contributed by atoms with Crippen LogP contribution in [-0.4, -0.2) is 5.16 Å². The van der Waals surface area contributed by atoms with E-state index in [-0.39, 0.29) is 17.1 Å². The van der Waals surface area contributed by atoms with Crippen LogP contribution in [0, 0.1) is 11.6 Å². The third-order valence-electron chi connectivity index (χ3n) is 3.06. The van der Waals surface area contributed by atoms with Crippen molar-refractivity contribution in [1.29, 1.82) is 0 Å². The van der Waals surface area contributed by atoms with Crippen molar-refractivity contribution >= 4 is 17.4 Å². The molecule has 0 radical (unpaired) electrons. The zero-order valence-corrected chi connectivity index (χ0v) is 11.4. The zero-order valence-electron chi connectivity index (χ0n) is 10.6. The van der Waals surface area contributed by atoms with E-state index in [1.165, 1.54) is 12.1 Å². The lowest BCUT2D eigenvalue weighted by Crippen LogP contribution is -1.92. The predicted molar refractivity (Wildman–Crippen MR) is 76.7 cm³/mol. The first-order valence-electron chi connectivity index (χ1n) is 6.04. The Hall–Kier alpha value is -2.40. The van der Waals surface area contributed by atoms with Crippen LogP contribution < -0.4 is 5.73 Å². The standard InChI is InChI=1S/C15H9ClF2N2O/c16-10-6-2-1-4-8(10)12-14(21-20-15(12)19)9-5-3-7-11(17)13(9)18/h1-7H,(H2,19,20). The number of benzene rings is 2. The van der Waals surface area contributed by atoms with Crippen molar-refractivity contribution in [1.82, 2.24) is 5.16 Å². The fourth-order valence-electron chi connectivity index (χ4n) is 2.09. The number of hydrogen-bond donors (Lipinski definition) is 1. The molecule has 106 valence electrons. The molecule has 0 saturated heterocycles. The second-order valence-corrected chi connectivity index (χ2v) is 4.76. The minimum absolute atomic E-state index is 0.0394. The quantitative estimate of drug-likeness (QED) is 0.757. The van der Waals surface area contributed by atoms with Gasteiger partial charge in [-0.15, -0.1) is 0 Å². The second kappa shape index (κ2) is 5.18. The number of nitrogens with zero attached hydrogens (tertiary/aromatic N) is 1. The van der Waals surface area contributed by atoms with E-state index < -0.39 is 11.6 Å².